The number of ether oxygens (including phenoxy) is 1. The van der Waals surface area contributed by atoms with Crippen LogP contribution in [0.4, 0.5) is 4.79 Å². The van der Waals surface area contributed by atoms with Crippen LogP contribution in [0, 0.1) is 0 Å². The molecule has 1 saturated heterocycles. The van der Waals surface area contributed by atoms with E-state index in [1.165, 1.54) is 6.92 Å². The molecule has 1 atom stereocenters. The first-order valence-corrected chi connectivity index (χ1v) is 9.26. The molecule has 0 bridgehead atoms. The number of carbonyl (C=O) groups excluding carboxylic acids is 3. The normalized spacial score (nSPS) is 19.1. The molecule has 1 aliphatic heterocycles. The highest BCUT2D eigenvalue weighted by Gasteiger charge is 2.49. The maximum Gasteiger partial charge on any atom is 0.325 e. The summed E-state index contributed by atoms with van der Waals surface area (Å²) in [6.45, 7) is 3.31. The maximum absolute atomic E-state index is 12.9. The van der Waals surface area contributed by atoms with Crippen LogP contribution in [0.2, 0.25) is 0 Å². The number of imide groups is 1. The number of ketones is 1. The average molecular weight is 431 g/mol. The molecule has 3 rings (SSSR count). The summed E-state index contributed by atoms with van der Waals surface area (Å²) < 4.78 is 6.40. The van der Waals surface area contributed by atoms with Gasteiger partial charge in [0.2, 0.25) is 0 Å². The number of para-hydroxylation sites is 1. The van der Waals surface area contributed by atoms with E-state index in [0.717, 1.165) is 9.37 Å². The fraction of sp³-hybridized carbons (Fsp3) is 0.250. The topological polar surface area (TPSA) is 75.7 Å². The second-order valence-corrected chi connectivity index (χ2v) is 7.25. The molecule has 0 spiro atoms. The highest BCUT2D eigenvalue weighted by atomic mass is 79.9. The van der Waals surface area contributed by atoms with Gasteiger partial charge in [0.05, 0.1) is 12.1 Å². The van der Waals surface area contributed by atoms with Crippen LogP contribution in [0.5, 0.6) is 5.75 Å². The largest absolute Gasteiger partial charge is 0.491 e. The quantitative estimate of drug-likeness (QED) is 0.561. The van der Waals surface area contributed by atoms with Gasteiger partial charge < -0.3 is 10.1 Å². The molecule has 2 aromatic carbocycles. The molecule has 0 unspecified atom stereocenters. The highest BCUT2D eigenvalue weighted by molar-refractivity contribution is 9.10. The Labute approximate surface area is 165 Å². The molecular formula is C20H19BrN2O4. The van der Waals surface area contributed by atoms with E-state index in [0.29, 0.717) is 16.9 Å². The van der Waals surface area contributed by atoms with E-state index in [9.17, 15) is 14.4 Å². The molecule has 1 aliphatic rings. The van der Waals surface area contributed by atoms with Crippen molar-refractivity contribution in [2.45, 2.75) is 19.4 Å². The lowest BCUT2D eigenvalue weighted by Gasteiger charge is -2.23. The Bertz CT molecular complexity index is 914. The molecule has 3 amide bonds. The molecule has 1 heterocycles. The predicted octanol–water partition coefficient (Wildman–Crippen LogP) is 3.50. The van der Waals surface area contributed by atoms with Crippen LogP contribution in [-0.2, 0) is 10.3 Å². The fourth-order valence-corrected chi connectivity index (χ4v) is 3.76. The number of amides is 3. The highest BCUT2D eigenvalue weighted by Crippen LogP contribution is 2.33. The second kappa shape index (κ2) is 7.52. The van der Waals surface area contributed by atoms with Crippen LogP contribution in [0.3, 0.4) is 0 Å². The first-order valence-electron chi connectivity index (χ1n) is 8.46. The van der Waals surface area contributed by atoms with E-state index >= 15 is 0 Å². The Kier molecular flexibility index (Phi) is 5.32. The molecule has 27 heavy (non-hydrogen) atoms. The summed E-state index contributed by atoms with van der Waals surface area (Å²) in [4.78, 5) is 38.1. The summed E-state index contributed by atoms with van der Waals surface area (Å²) in [5.41, 5.74) is 0.00974. The first-order chi connectivity index (χ1) is 12.8. The molecule has 0 aliphatic carbocycles. The SMILES string of the molecule is CC(=O)c1ccccc1OCCN1C(=O)N[C@](C)(c2ccccc2Br)C1=O. The van der Waals surface area contributed by atoms with E-state index in [2.05, 4.69) is 21.2 Å². The Morgan fingerprint density at radius 3 is 2.52 bits per heavy atom. The maximum atomic E-state index is 12.9. The van der Waals surface area contributed by atoms with Gasteiger partial charge in [0.1, 0.15) is 17.9 Å². The van der Waals surface area contributed by atoms with E-state index in [-0.39, 0.29) is 24.8 Å². The molecule has 6 nitrogen and oxygen atoms in total. The van der Waals surface area contributed by atoms with E-state index < -0.39 is 11.6 Å². The van der Waals surface area contributed by atoms with Crippen molar-refractivity contribution in [1.82, 2.24) is 10.2 Å². The number of carbonyl (C=O) groups is 3. The summed E-state index contributed by atoms with van der Waals surface area (Å²) in [5, 5.41) is 2.76. The molecule has 0 saturated carbocycles. The van der Waals surface area contributed by atoms with Crippen molar-refractivity contribution in [3.63, 3.8) is 0 Å². The van der Waals surface area contributed by atoms with E-state index in [1.807, 2.05) is 18.2 Å². The van der Waals surface area contributed by atoms with Crippen LogP contribution >= 0.6 is 15.9 Å². The molecule has 2 aromatic rings. The van der Waals surface area contributed by atoms with Crippen molar-refractivity contribution in [1.29, 1.82) is 0 Å². The van der Waals surface area contributed by atoms with Gasteiger partial charge in [-0.2, -0.15) is 0 Å². The second-order valence-electron chi connectivity index (χ2n) is 6.39. The lowest BCUT2D eigenvalue weighted by Crippen LogP contribution is -2.41. The van der Waals surface area contributed by atoms with Gasteiger partial charge in [-0.1, -0.05) is 46.3 Å². The van der Waals surface area contributed by atoms with Gasteiger partial charge in [-0.05, 0) is 32.0 Å². The van der Waals surface area contributed by atoms with Crippen molar-refractivity contribution >= 4 is 33.7 Å². The number of urea groups is 1. The standard InChI is InChI=1S/C20H19BrN2O4/c1-13(24)14-7-3-6-10-17(14)27-12-11-23-18(25)20(2,22-19(23)26)15-8-4-5-9-16(15)21/h3-10H,11-12H2,1-2H3,(H,22,26)/t20-/m1/s1. The summed E-state index contributed by atoms with van der Waals surface area (Å²) in [7, 11) is 0. The predicted molar refractivity (Wildman–Crippen MR) is 104 cm³/mol. The fourth-order valence-electron chi connectivity index (χ4n) is 3.08. The Morgan fingerprint density at radius 2 is 1.81 bits per heavy atom. The Hall–Kier alpha value is -2.67. The Balaban J connectivity index is 1.72. The number of benzene rings is 2. The third-order valence-electron chi connectivity index (χ3n) is 4.53. The van der Waals surface area contributed by atoms with E-state index in [1.54, 1.807) is 37.3 Å². The smallest absolute Gasteiger partial charge is 0.325 e. The van der Waals surface area contributed by atoms with Crippen LogP contribution in [0.15, 0.2) is 53.0 Å². The Morgan fingerprint density at radius 1 is 1.15 bits per heavy atom. The zero-order valence-electron chi connectivity index (χ0n) is 15.0. The van der Waals surface area contributed by atoms with Crippen molar-refractivity contribution in [2.24, 2.45) is 0 Å². The van der Waals surface area contributed by atoms with Gasteiger partial charge in [0.25, 0.3) is 5.91 Å². The van der Waals surface area contributed by atoms with Gasteiger partial charge in [0.15, 0.2) is 5.78 Å². The van der Waals surface area contributed by atoms with Crippen LogP contribution < -0.4 is 10.1 Å². The zero-order valence-corrected chi connectivity index (χ0v) is 16.6. The molecule has 0 radical (unpaired) electrons. The zero-order chi connectivity index (χ0) is 19.6. The molecule has 1 fully saturated rings. The van der Waals surface area contributed by atoms with Crippen LogP contribution in [0.1, 0.15) is 29.8 Å². The summed E-state index contributed by atoms with van der Waals surface area (Å²) in [5.74, 6) is -0.0180. The number of nitrogens with one attached hydrogen (secondary N) is 1. The third kappa shape index (κ3) is 3.60. The average Bonchev–Trinajstić information content (AvgIpc) is 2.86. The van der Waals surface area contributed by atoms with Crippen molar-refractivity contribution in [2.75, 3.05) is 13.2 Å². The minimum Gasteiger partial charge on any atom is -0.491 e. The number of nitrogens with zero attached hydrogens (tertiary/aromatic N) is 1. The molecule has 140 valence electrons. The number of hydrogen-bond acceptors (Lipinski definition) is 4. The third-order valence-corrected chi connectivity index (χ3v) is 5.22. The van der Waals surface area contributed by atoms with Gasteiger partial charge in [-0.3, -0.25) is 14.5 Å². The summed E-state index contributed by atoms with van der Waals surface area (Å²) in [6.07, 6.45) is 0. The number of Topliss-reactive ketones (excluding diaryl/α,β-unsaturated/α-hetero) is 1. The summed E-state index contributed by atoms with van der Waals surface area (Å²) in [6, 6.07) is 13.7. The lowest BCUT2D eigenvalue weighted by atomic mass is 9.92. The monoisotopic (exact) mass is 430 g/mol. The molecule has 7 heteroatoms. The summed E-state index contributed by atoms with van der Waals surface area (Å²) >= 11 is 3.43. The lowest BCUT2D eigenvalue weighted by molar-refractivity contribution is -0.131. The number of halogens is 1. The first kappa shape index (κ1) is 19.1. The van der Waals surface area contributed by atoms with Gasteiger partial charge in [-0.25, -0.2) is 4.79 Å². The van der Waals surface area contributed by atoms with Crippen molar-refractivity contribution < 1.29 is 19.1 Å². The minimum absolute atomic E-state index is 0.0803. The van der Waals surface area contributed by atoms with Crippen molar-refractivity contribution in [3.8, 4) is 5.75 Å². The molecular weight excluding hydrogens is 412 g/mol. The van der Waals surface area contributed by atoms with Gasteiger partial charge >= 0.3 is 6.03 Å². The van der Waals surface area contributed by atoms with Crippen molar-refractivity contribution in [3.05, 3.63) is 64.1 Å². The van der Waals surface area contributed by atoms with E-state index in [4.69, 9.17) is 4.74 Å². The molecule has 1 N–H and O–H groups in total. The van der Waals surface area contributed by atoms with Gasteiger partial charge in [0, 0.05) is 10.0 Å². The van der Waals surface area contributed by atoms with Crippen LogP contribution in [-0.4, -0.2) is 35.8 Å². The molecule has 0 aromatic heterocycles. The number of hydrogen-bond donors (Lipinski definition) is 1. The van der Waals surface area contributed by atoms with Crippen LogP contribution in [0.25, 0.3) is 0 Å². The van der Waals surface area contributed by atoms with Gasteiger partial charge in [-0.15, -0.1) is 0 Å². The minimum atomic E-state index is -1.14. The number of rotatable bonds is 6.